The smallest absolute Gasteiger partial charge is 0.417 e. The molecule has 0 fully saturated rings. The van der Waals surface area contributed by atoms with Gasteiger partial charge >= 0.3 is 5.76 Å². The summed E-state index contributed by atoms with van der Waals surface area (Å²) >= 11 is 0. The lowest BCUT2D eigenvalue weighted by atomic mass is 10.3. The van der Waals surface area contributed by atoms with Crippen LogP contribution in [0, 0.1) is 0 Å². The van der Waals surface area contributed by atoms with E-state index in [9.17, 15) is 13.2 Å². The minimum atomic E-state index is -3.92. The van der Waals surface area contributed by atoms with Crippen LogP contribution in [0.4, 0.5) is 5.69 Å². The molecule has 0 unspecified atom stereocenters. The monoisotopic (exact) mass is 382 g/mol. The van der Waals surface area contributed by atoms with Crippen molar-refractivity contribution in [2.75, 3.05) is 4.72 Å². The summed E-state index contributed by atoms with van der Waals surface area (Å²) in [7, 11) is -3.92. The molecule has 1 aromatic heterocycles. The molecule has 0 saturated carbocycles. The van der Waals surface area contributed by atoms with Crippen LogP contribution in [-0.2, 0) is 10.0 Å². The molecule has 0 saturated heterocycles. The Balaban J connectivity index is 1.67. The summed E-state index contributed by atoms with van der Waals surface area (Å²) in [6, 6.07) is 19.9. The van der Waals surface area contributed by atoms with Crippen molar-refractivity contribution in [2.45, 2.75) is 4.90 Å². The average Bonchev–Trinajstić information content (AvgIpc) is 3.03. The highest BCUT2D eigenvalue weighted by Crippen LogP contribution is 2.31. The predicted molar refractivity (Wildman–Crippen MR) is 101 cm³/mol. The summed E-state index contributed by atoms with van der Waals surface area (Å²) in [4.78, 5) is 13.7. The number of anilines is 1. The number of para-hydroxylation sites is 3. The first-order chi connectivity index (χ1) is 13.0. The van der Waals surface area contributed by atoms with Gasteiger partial charge in [0.25, 0.3) is 10.0 Å². The van der Waals surface area contributed by atoms with Gasteiger partial charge in [-0.05, 0) is 36.4 Å². The first-order valence-electron chi connectivity index (χ1n) is 7.99. The van der Waals surface area contributed by atoms with Crippen molar-refractivity contribution in [1.29, 1.82) is 0 Å². The molecule has 1 heterocycles. The van der Waals surface area contributed by atoms with Gasteiger partial charge in [0.05, 0.1) is 16.1 Å². The van der Waals surface area contributed by atoms with Crippen LogP contribution in [0.2, 0.25) is 0 Å². The average molecular weight is 382 g/mol. The molecule has 0 aliphatic rings. The minimum absolute atomic E-state index is 0.0349. The number of oxazole rings is 1. The zero-order valence-electron chi connectivity index (χ0n) is 13.9. The number of benzene rings is 3. The molecule has 27 heavy (non-hydrogen) atoms. The third-order valence-electron chi connectivity index (χ3n) is 3.81. The van der Waals surface area contributed by atoms with Gasteiger partial charge < -0.3 is 9.15 Å². The normalized spacial score (nSPS) is 11.4. The number of nitrogens with one attached hydrogen (secondary N) is 2. The second-order valence-corrected chi connectivity index (χ2v) is 7.37. The zero-order valence-corrected chi connectivity index (χ0v) is 14.7. The molecule has 0 aliphatic carbocycles. The first-order valence-corrected chi connectivity index (χ1v) is 9.47. The van der Waals surface area contributed by atoms with Gasteiger partial charge in [-0.3, -0.25) is 9.71 Å². The van der Waals surface area contributed by atoms with Crippen LogP contribution >= 0.6 is 0 Å². The van der Waals surface area contributed by atoms with Crippen LogP contribution in [-0.4, -0.2) is 13.4 Å². The van der Waals surface area contributed by atoms with Crippen LogP contribution in [0.25, 0.3) is 11.1 Å². The lowest BCUT2D eigenvalue weighted by Gasteiger charge is -2.13. The maximum Gasteiger partial charge on any atom is 0.417 e. The number of aromatic amines is 1. The molecule has 136 valence electrons. The fourth-order valence-electron chi connectivity index (χ4n) is 2.55. The molecule has 3 aromatic carbocycles. The Labute approximate surface area is 154 Å². The largest absolute Gasteiger partial charge is 0.455 e. The van der Waals surface area contributed by atoms with E-state index >= 15 is 0 Å². The van der Waals surface area contributed by atoms with Crippen molar-refractivity contribution in [1.82, 2.24) is 4.98 Å². The molecule has 4 aromatic rings. The second kappa shape index (κ2) is 6.65. The van der Waals surface area contributed by atoms with E-state index < -0.39 is 15.8 Å². The Morgan fingerprint density at radius 1 is 0.926 bits per heavy atom. The Morgan fingerprint density at radius 2 is 1.67 bits per heavy atom. The standard InChI is InChI=1S/C19H14N2O5S/c22-19-20-15-11-10-14(12-18(15)26-19)27(23,24)21-16-8-4-5-9-17(16)25-13-6-2-1-3-7-13/h1-12,21H,(H,20,22). The van der Waals surface area contributed by atoms with E-state index in [0.29, 0.717) is 17.0 Å². The van der Waals surface area contributed by atoms with Gasteiger partial charge in [0.2, 0.25) is 0 Å². The van der Waals surface area contributed by atoms with Gasteiger partial charge in [-0.15, -0.1) is 0 Å². The predicted octanol–water partition coefficient (Wildman–Crippen LogP) is 3.71. The summed E-state index contributed by atoms with van der Waals surface area (Å²) in [5, 5.41) is 0. The van der Waals surface area contributed by atoms with Gasteiger partial charge in [-0.25, -0.2) is 13.2 Å². The van der Waals surface area contributed by atoms with Gasteiger partial charge in [0.15, 0.2) is 11.3 Å². The van der Waals surface area contributed by atoms with Crippen molar-refractivity contribution in [2.24, 2.45) is 0 Å². The molecular weight excluding hydrogens is 368 g/mol. The molecule has 0 spiro atoms. The highest BCUT2D eigenvalue weighted by Gasteiger charge is 2.18. The Kier molecular flexibility index (Phi) is 4.17. The zero-order chi connectivity index (χ0) is 18.9. The first kappa shape index (κ1) is 16.9. The van der Waals surface area contributed by atoms with Crippen molar-refractivity contribution in [3.8, 4) is 11.5 Å². The number of hydrogen-bond donors (Lipinski definition) is 2. The SMILES string of the molecule is O=c1[nH]c2ccc(S(=O)(=O)Nc3ccccc3Oc3ccccc3)cc2o1. The Bertz CT molecular complexity index is 1260. The van der Waals surface area contributed by atoms with E-state index in [-0.39, 0.29) is 16.2 Å². The molecule has 8 heteroatoms. The summed E-state index contributed by atoms with van der Waals surface area (Å²) in [6.45, 7) is 0. The number of ether oxygens (including phenoxy) is 1. The molecular formula is C19H14N2O5S. The minimum Gasteiger partial charge on any atom is -0.455 e. The third-order valence-corrected chi connectivity index (χ3v) is 5.17. The molecule has 0 amide bonds. The molecule has 0 bridgehead atoms. The van der Waals surface area contributed by atoms with Crippen LogP contribution in [0.1, 0.15) is 0 Å². The molecule has 7 nitrogen and oxygen atoms in total. The Hall–Kier alpha value is -3.52. The van der Waals surface area contributed by atoms with E-state index in [2.05, 4.69) is 9.71 Å². The van der Waals surface area contributed by atoms with E-state index in [4.69, 9.17) is 9.15 Å². The van der Waals surface area contributed by atoms with Crippen molar-refractivity contribution >= 4 is 26.8 Å². The number of sulfonamides is 1. The number of hydrogen-bond acceptors (Lipinski definition) is 5. The van der Waals surface area contributed by atoms with Gasteiger partial charge in [-0.2, -0.15) is 0 Å². The van der Waals surface area contributed by atoms with Crippen LogP contribution in [0.3, 0.4) is 0 Å². The quantitative estimate of drug-likeness (QED) is 0.548. The lowest BCUT2D eigenvalue weighted by molar-refractivity contribution is 0.485. The third kappa shape index (κ3) is 3.56. The van der Waals surface area contributed by atoms with Crippen LogP contribution in [0.5, 0.6) is 11.5 Å². The molecule has 0 aliphatic heterocycles. The van der Waals surface area contributed by atoms with Gasteiger partial charge in [-0.1, -0.05) is 30.3 Å². The maximum atomic E-state index is 12.8. The summed E-state index contributed by atoms with van der Waals surface area (Å²) in [6.07, 6.45) is 0. The number of rotatable bonds is 5. The van der Waals surface area contributed by atoms with Crippen LogP contribution in [0.15, 0.2) is 86.9 Å². The fraction of sp³-hybridized carbons (Fsp3) is 0. The number of aromatic nitrogens is 1. The van der Waals surface area contributed by atoms with E-state index in [1.807, 2.05) is 18.2 Å². The summed E-state index contributed by atoms with van der Waals surface area (Å²) in [5.41, 5.74) is 0.875. The molecule has 4 rings (SSSR count). The number of H-pyrrole nitrogens is 1. The molecule has 2 N–H and O–H groups in total. The van der Waals surface area contributed by atoms with Crippen molar-refractivity contribution < 1.29 is 17.6 Å². The topological polar surface area (TPSA) is 101 Å². The highest BCUT2D eigenvalue weighted by atomic mass is 32.2. The van der Waals surface area contributed by atoms with E-state index in [0.717, 1.165) is 0 Å². The fourth-order valence-corrected chi connectivity index (χ4v) is 3.64. The van der Waals surface area contributed by atoms with Gasteiger partial charge in [0.1, 0.15) is 5.75 Å². The molecule has 0 radical (unpaired) electrons. The summed E-state index contributed by atoms with van der Waals surface area (Å²) in [5.74, 6) is 0.301. The van der Waals surface area contributed by atoms with Gasteiger partial charge in [0, 0.05) is 6.07 Å². The maximum absolute atomic E-state index is 12.8. The second-order valence-electron chi connectivity index (χ2n) is 5.69. The van der Waals surface area contributed by atoms with Crippen molar-refractivity contribution in [3.63, 3.8) is 0 Å². The van der Waals surface area contributed by atoms with Crippen molar-refractivity contribution in [3.05, 3.63) is 83.3 Å². The lowest BCUT2D eigenvalue weighted by Crippen LogP contribution is -2.13. The Morgan fingerprint density at radius 3 is 2.48 bits per heavy atom. The van der Waals surface area contributed by atoms with E-state index in [1.165, 1.54) is 18.2 Å². The molecule has 0 atom stereocenters. The van der Waals surface area contributed by atoms with Crippen LogP contribution < -0.4 is 15.2 Å². The highest BCUT2D eigenvalue weighted by molar-refractivity contribution is 7.92. The van der Waals surface area contributed by atoms with E-state index in [1.54, 1.807) is 36.4 Å². The summed E-state index contributed by atoms with van der Waals surface area (Å²) < 4.78 is 38.7. The number of fused-ring (bicyclic) bond motifs is 1.